The van der Waals surface area contributed by atoms with Crippen LogP contribution in [0.1, 0.15) is 46.1 Å². The summed E-state index contributed by atoms with van der Waals surface area (Å²) in [5.74, 6) is 0.575. The van der Waals surface area contributed by atoms with Crippen LogP contribution in [0.2, 0.25) is 5.02 Å². The molecule has 0 aliphatic carbocycles. The molecule has 0 radical (unpaired) electrons. The molecule has 0 bridgehead atoms. The van der Waals surface area contributed by atoms with Crippen LogP contribution in [-0.4, -0.2) is 48.8 Å². The van der Waals surface area contributed by atoms with E-state index in [1.54, 1.807) is 7.05 Å². The molecule has 180 valence electrons. The Hall–Kier alpha value is -2.58. The van der Waals surface area contributed by atoms with Gasteiger partial charge in [-0.3, -0.25) is 23.4 Å². The van der Waals surface area contributed by atoms with Crippen LogP contribution in [0.15, 0.2) is 33.9 Å². The predicted octanol–water partition coefficient (Wildman–Crippen LogP) is 3.45. The van der Waals surface area contributed by atoms with Crippen LogP contribution in [-0.2, 0) is 20.6 Å². The Balaban J connectivity index is 2.00. The number of rotatable bonds is 10. The molecule has 0 unspecified atom stereocenters. The summed E-state index contributed by atoms with van der Waals surface area (Å²) in [5, 5.41) is 4.09. The van der Waals surface area contributed by atoms with Gasteiger partial charge in [0.25, 0.3) is 5.56 Å². The molecule has 0 amide bonds. The highest BCUT2D eigenvalue weighted by atomic mass is 35.5. The van der Waals surface area contributed by atoms with Gasteiger partial charge in [-0.05, 0) is 44.4 Å². The first kappa shape index (κ1) is 25.1. The molecular formula is C24H35ClN6O2. The van der Waals surface area contributed by atoms with Crippen molar-refractivity contribution in [3.8, 4) is 0 Å². The lowest BCUT2D eigenvalue weighted by atomic mass is 10.1. The van der Waals surface area contributed by atoms with Crippen LogP contribution in [0.3, 0.4) is 0 Å². The predicted molar refractivity (Wildman–Crippen MR) is 135 cm³/mol. The molecule has 2 atom stereocenters. The van der Waals surface area contributed by atoms with E-state index in [1.165, 1.54) is 11.6 Å². The summed E-state index contributed by atoms with van der Waals surface area (Å²) in [6, 6.07) is 8.46. The Bertz CT molecular complexity index is 1200. The normalized spacial score (nSPS) is 13.6. The number of benzene rings is 1. The van der Waals surface area contributed by atoms with Gasteiger partial charge in [0.15, 0.2) is 11.2 Å². The number of nitrogens with zero attached hydrogens (tertiary/aromatic N) is 5. The smallest absolute Gasteiger partial charge is 0.332 e. The number of fused-ring (bicyclic) bond motifs is 1. The molecule has 0 aliphatic heterocycles. The van der Waals surface area contributed by atoms with Crippen molar-refractivity contribution in [2.24, 2.45) is 14.1 Å². The lowest BCUT2D eigenvalue weighted by Gasteiger charge is -2.33. The third-order valence-electron chi connectivity index (χ3n) is 6.57. The van der Waals surface area contributed by atoms with Crippen LogP contribution in [0, 0.1) is 0 Å². The molecule has 0 fully saturated rings. The second kappa shape index (κ2) is 10.6. The van der Waals surface area contributed by atoms with Gasteiger partial charge in [-0.15, -0.1) is 0 Å². The van der Waals surface area contributed by atoms with E-state index in [2.05, 4.69) is 42.9 Å². The number of hydrogen-bond acceptors (Lipinski definition) is 5. The minimum Gasteiger partial charge on any atom is -0.354 e. The maximum atomic E-state index is 13.0. The molecule has 0 aliphatic rings. The summed E-state index contributed by atoms with van der Waals surface area (Å²) in [7, 11) is 3.13. The first-order valence-electron chi connectivity index (χ1n) is 11.6. The van der Waals surface area contributed by atoms with Crippen molar-refractivity contribution in [3.63, 3.8) is 0 Å². The topological polar surface area (TPSA) is 77.1 Å². The number of nitrogens with one attached hydrogen (secondary N) is 1. The first-order valence-corrected chi connectivity index (χ1v) is 12.0. The maximum Gasteiger partial charge on any atom is 0.332 e. The fourth-order valence-corrected chi connectivity index (χ4v) is 4.27. The van der Waals surface area contributed by atoms with Gasteiger partial charge in [0.1, 0.15) is 0 Å². The van der Waals surface area contributed by atoms with Gasteiger partial charge in [0.2, 0.25) is 5.95 Å². The van der Waals surface area contributed by atoms with Crippen LogP contribution < -0.4 is 16.6 Å². The molecule has 1 N–H and O–H groups in total. The highest BCUT2D eigenvalue weighted by molar-refractivity contribution is 6.30. The molecule has 3 rings (SSSR count). The first-order chi connectivity index (χ1) is 15.7. The van der Waals surface area contributed by atoms with E-state index in [4.69, 9.17) is 11.6 Å². The minimum absolute atomic E-state index is 0.358. The van der Waals surface area contributed by atoms with E-state index in [1.807, 2.05) is 28.8 Å². The number of halogens is 1. The number of anilines is 1. The van der Waals surface area contributed by atoms with E-state index in [-0.39, 0.29) is 5.56 Å². The van der Waals surface area contributed by atoms with Crippen molar-refractivity contribution in [2.45, 2.75) is 59.2 Å². The summed E-state index contributed by atoms with van der Waals surface area (Å²) in [4.78, 5) is 32.7. The molecule has 33 heavy (non-hydrogen) atoms. The minimum atomic E-state index is -0.394. The van der Waals surface area contributed by atoms with E-state index in [9.17, 15) is 9.59 Å². The van der Waals surface area contributed by atoms with Crippen molar-refractivity contribution in [1.29, 1.82) is 0 Å². The van der Waals surface area contributed by atoms with Gasteiger partial charge in [-0.1, -0.05) is 37.6 Å². The van der Waals surface area contributed by atoms with Gasteiger partial charge < -0.3 is 5.32 Å². The van der Waals surface area contributed by atoms with Crippen LogP contribution in [0.4, 0.5) is 5.95 Å². The molecule has 0 saturated heterocycles. The quantitative estimate of drug-likeness (QED) is 0.487. The van der Waals surface area contributed by atoms with Crippen molar-refractivity contribution < 1.29 is 0 Å². The highest BCUT2D eigenvalue weighted by Gasteiger charge is 2.21. The second-order valence-corrected chi connectivity index (χ2v) is 9.14. The molecule has 2 aromatic heterocycles. The SMILES string of the molecule is CC[C@@H](C)N(CCNc1nc2c(c(=O)n(C)c(=O)n2C)n1Cc1ccc(Cl)cc1)[C@@H](C)CC. The summed E-state index contributed by atoms with van der Waals surface area (Å²) in [6.45, 7) is 10.9. The number of aromatic nitrogens is 4. The van der Waals surface area contributed by atoms with Crippen molar-refractivity contribution in [3.05, 3.63) is 55.7 Å². The average Bonchev–Trinajstić information content (AvgIpc) is 3.17. The molecule has 1 aromatic carbocycles. The van der Waals surface area contributed by atoms with Gasteiger partial charge in [0, 0.05) is 44.3 Å². The lowest BCUT2D eigenvalue weighted by Crippen LogP contribution is -2.42. The molecule has 0 spiro atoms. The molecule has 0 saturated carbocycles. The molecule has 2 heterocycles. The Kier molecular flexibility index (Phi) is 8.02. The second-order valence-electron chi connectivity index (χ2n) is 8.71. The Morgan fingerprint density at radius 1 is 1.03 bits per heavy atom. The van der Waals surface area contributed by atoms with Gasteiger partial charge in [0.05, 0.1) is 6.54 Å². The zero-order valence-corrected chi connectivity index (χ0v) is 21.2. The molecule has 9 heteroatoms. The molecule has 3 aromatic rings. The monoisotopic (exact) mass is 474 g/mol. The summed E-state index contributed by atoms with van der Waals surface area (Å²) in [6.07, 6.45) is 2.16. The number of aryl methyl sites for hydroxylation is 1. The standard InChI is InChI=1S/C24H35ClN6O2/c1-7-16(3)30(17(4)8-2)14-13-26-23-27-21-20(22(32)29(6)24(33)28(21)5)31(23)15-18-9-11-19(25)12-10-18/h9-12,16-17H,7-8,13-15H2,1-6H3,(H,26,27)/t16-,17+. The van der Waals surface area contributed by atoms with Crippen LogP contribution in [0.5, 0.6) is 0 Å². The number of imidazole rings is 1. The van der Waals surface area contributed by atoms with Gasteiger partial charge >= 0.3 is 5.69 Å². The third-order valence-corrected chi connectivity index (χ3v) is 6.82. The van der Waals surface area contributed by atoms with Crippen LogP contribution in [0.25, 0.3) is 11.2 Å². The number of hydrogen-bond donors (Lipinski definition) is 1. The fraction of sp³-hybridized carbons (Fsp3) is 0.542. The van der Waals surface area contributed by atoms with Crippen molar-refractivity contribution >= 4 is 28.7 Å². The summed E-state index contributed by atoms with van der Waals surface area (Å²) < 4.78 is 4.40. The maximum absolute atomic E-state index is 13.0. The summed E-state index contributed by atoms with van der Waals surface area (Å²) >= 11 is 6.05. The van der Waals surface area contributed by atoms with E-state index < -0.39 is 5.69 Å². The van der Waals surface area contributed by atoms with E-state index in [0.29, 0.717) is 47.3 Å². The van der Waals surface area contributed by atoms with Crippen LogP contribution >= 0.6 is 11.6 Å². The largest absolute Gasteiger partial charge is 0.354 e. The zero-order chi connectivity index (χ0) is 24.3. The highest BCUT2D eigenvalue weighted by Crippen LogP contribution is 2.19. The fourth-order valence-electron chi connectivity index (χ4n) is 4.15. The lowest BCUT2D eigenvalue weighted by molar-refractivity contribution is 0.152. The third kappa shape index (κ3) is 5.17. The zero-order valence-electron chi connectivity index (χ0n) is 20.4. The van der Waals surface area contributed by atoms with Crippen molar-refractivity contribution in [2.75, 3.05) is 18.4 Å². The Morgan fingerprint density at radius 2 is 1.64 bits per heavy atom. The summed E-state index contributed by atoms with van der Waals surface area (Å²) in [5.41, 5.74) is 1.01. The Morgan fingerprint density at radius 3 is 2.21 bits per heavy atom. The average molecular weight is 475 g/mol. The van der Waals surface area contributed by atoms with Gasteiger partial charge in [-0.2, -0.15) is 4.98 Å². The molecule has 8 nitrogen and oxygen atoms in total. The van der Waals surface area contributed by atoms with E-state index in [0.717, 1.165) is 29.5 Å². The van der Waals surface area contributed by atoms with Crippen molar-refractivity contribution in [1.82, 2.24) is 23.6 Å². The molecular weight excluding hydrogens is 440 g/mol. The Labute approximate surface area is 199 Å². The van der Waals surface area contributed by atoms with E-state index >= 15 is 0 Å². The van der Waals surface area contributed by atoms with Gasteiger partial charge in [-0.25, -0.2) is 4.79 Å².